The maximum atomic E-state index is 9.10. The number of aliphatic imine (C=N–C) groups is 1. The van der Waals surface area contributed by atoms with E-state index in [-0.39, 0.29) is 0 Å². The molecule has 4 N–H and O–H groups in total. The quantitative estimate of drug-likeness (QED) is 0.347. The van der Waals surface area contributed by atoms with E-state index in [1.807, 2.05) is 0 Å². The summed E-state index contributed by atoms with van der Waals surface area (Å²) in [7, 11) is 3.10. The highest BCUT2D eigenvalue weighted by atomic mass is 16.5. The van der Waals surface area contributed by atoms with Crippen LogP contribution in [-0.2, 0) is 4.74 Å². The smallest absolute Gasteiger partial charge is 0.188 e. The summed E-state index contributed by atoms with van der Waals surface area (Å²) < 4.78 is 4.70. The van der Waals surface area contributed by atoms with Crippen molar-refractivity contribution in [2.75, 3.05) is 27.3 Å². The topological polar surface area (TPSA) is 79.9 Å². The van der Waals surface area contributed by atoms with Gasteiger partial charge in [-0.3, -0.25) is 4.99 Å². The van der Waals surface area contributed by atoms with Gasteiger partial charge in [0.15, 0.2) is 5.96 Å². The highest BCUT2D eigenvalue weighted by Crippen LogP contribution is 1.79. The number of nitrogens with two attached hydrogens (primary N) is 1. The number of nitrogens with zero attached hydrogens (tertiary/aromatic N) is 1. The Morgan fingerprint density at radius 3 is 2.91 bits per heavy atom. The molecule has 0 aliphatic carbocycles. The van der Waals surface area contributed by atoms with Gasteiger partial charge in [-0.15, -0.1) is 0 Å². The Labute approximate surface area is 66.3 Å². The minimum Gasteiger partial charge on any atom is -0.389 e. The molecule has 0 aromatic heterocycles. The molecule has 0 aromatic carbocycles. The molecule has 66 valence electrons. The summed E-state index contributed by atoms with van der Waals surface area (Å²) in [4.78, 5) is 3.65. The molecule has 0 rings (SSSR count). The number of guanidine groups is 1. The summed E-state index contributed by atoms with van der Waals surface area (Å²) in [5, 5.41) is 11.8. The van der Waals surface area contributed by atoms with Gasteiger partial charge in [0.1, 0.15) is 0 Å². The number of ether oxygens (including phenoxy) is 1. The van der Waals surface area contributed by atoms with Crippen molar-refractivity contribution in [3.63, 3.8) is 0 Å². The van der Waals surface area contributed by atoms with Gasteiger partial charge in [-0.05, 0) is 0 Å². The van der Waals surface area contributed by atoms with Crippen LogP contribution in [0.2, 0.25) is 0 Å². The van der Waals surface area contributed by atoms with E-state index in [1.165, 1.54) is 7.11 Å². The van der Waals surface area contributed by atoms with Crippen molar-refractivity contribution in [3.8, 4) is 0 Å². The van der Waals surface area contributed by atoms with Crippen molar-refractivity contribution in [2.24, 2.45) is 10.7 Å². The zero-order valence-corrected chi connectivity index (χ0v) is 6.87. The van der Waals surface area contributed by atoms with E-state index in [4.69, 9.17) is 15.6 Å². The molecule has 0 fully saturated rings. The third-order valence-electron chi connectivity index (χ3n) is 1.12. The summed E-state index contributed by atoms with van der Waals surface area (Å²) in [5.41, 5.74) is 5.30. The first-order chi connectivity index (χ1) is 5.20. The van der Waals surface area contributed by atoms with Crippen LogP contribution in [-0.4, -0.2) is 44.5 Å². The van der Waals surface area contributed by atoms with Crippen molar-refractivity contribution in [1.82, 2.24) is 5.32 Å². The van der Waals surface area contributed by atoms with Gasteiger partial charge in [0.05, 0.1) is 12.7 Å². The number of rotatable bonds is 4. The maximum Gasteiger partial charge on any atom is 0.188 e. The summed E-state index contributed by atoms with van der Waals surface area (Å²) in [6, 6.07) is 0. The van der Waals surface area contributed by atoms with Gasteiger partial charge in [0, 0.05) is 20.7 Å². The van der Waals surface area contributed by atoms with Crippen molar-refractivity contribution < 1.29 is 9.84 Å². The van der Waals surface area contributed by atoms with Crippen LogP contribution >= 0.6 is 0 Å². The molecular weight excluding hydrogens is 146 g/mol. The molecule has 1 unspecified atom stereocenters. The highest BCUT2D eigenvalue weighted by molar-refractivity contribution is 5.77. The molecule has 5 nitrogen and oxygen atoms in total. The number of aliphatic hydroxyl groups excluding tert-OH is 1. The zero-order chi connectivity index (χ0) is 8.69. The van der Waals surface area contributed by atoms with Gasteiger partial charge in [-0.2, -0.15) is 0 Å². The van der Waals surface area contributed by atoms with Gasteiger partial charge in [0.2, 0.25) is 0 Å². The maximum absolute atomic E-state index is 9.10. The fourth-order valence-corrected chi connectivity index (χ4v) is 0.553. The second kappa shape index (κ2) is 5.94. The largest absolute Gasteiger partial charge is 0.389 e. The predicted octanol–water partition coefficient (Wildman–Crippen LogP) is -1.47. The van der Waals surface area contributed by atoms with E-state index in [0.717, 1.165) is 0 Å². The Balaban J connectivity index is 3.37. The van der Waals surface area contributed by atoms with E-state index in [1.54, 1.807) is 7.05 Å². The highest BCUT2D eigenvalue weighted by Gasteiger charge is 2.01. The second-order valence-corrected chi connectivity index (χ2v) is 2.10. The number of aliphatic hydroxyl groups is 1. The van der Waals surface area contributed by atoms with Crippen LogP contribution in [0.25, 0.3) is 0 Å². The lowest BCUT2D eigenvalue weighted by atomic mass is 10.4. The standard InChI is InChI=1S/C6H15N3O2/c1-8-6(7)9-3-5(10)4-11-2/h5,10H,3-4H2,1-2H3,(H3,7,8,9). The molecule has 0 spiro atoms. The number of hydrogen-bond donors (Lipinski definition) is 3. The summed E-state index contributed by atoms with van der Waals surface area (Å²) in [6.45, 7) is 0.654. The van der Waals surface area contributed by atoms with Crippen LogP contribution in [0.1, 0.15) is 0 Å². The van der Waals surface area contributed by atoms with Gasteiger partial charge in [0.25, 0.3) is 0 Å². The van der Waals surface area contributed by atoms with E-state index >= 15 is 0 Å². The van der Waals surface area contributed by atoms with Gasteiger partial charge < -0.3 is 20.9 Å². The molecule has 0 heterocycles. The third-order valence-corrected chi connectivity index (χ3v) is 1.12. The molecule has 0 amide bonds. The summed E-state index contributed by atoms with van der Waals surface area (Å²) >= 11 is 0. The Morgan fingerprint density at radius 1 is 1.82 bits per heavy atom. The van der Waals surface area contributed by atoms with E-state index in [0.29, 0.717) is 19.1 Å². The van der Waals surface area contributed by atoms with E-state index in [9.17, 15) is 0 Å². The molecule has 0 saturated heterocycles. The second-order valence-electron chi connectivity index (χ2n) is 2.10. The minimum absolute atomic E-state index is 0.296. The molecule has 0 saturated carbocycles. The first kappa shape index (κ1) is 10.2. The number of methoxy groups -OCH3 is 1. The molecule has 0 aliphatic rings. The van der Waals surface area contributed by atoms with Gasteiger partial charge in [-0.1, -0.05) is 0 Å². The molecule has 5 heteroatoms. The Hall–Kier alpha value is -0.810. The fraction of sp³-hybridized carbons (Fsp3) is 0.833. The minimum atomic E-state index is -0.541. The SMILES string of the molecule is CN=C(N)NCC(O)COC. The monoisotopic (exact) mass is 161 g/mol. The lowest BCUT2D eigenvalue weighted by Crippen LogP contribution is -2.38. The number of hydrogen-bond acceptors (Lipinski definition) is 3. The van der Waals surface area contributed by atoms with E-state index < -0.39 is 6.10 Å². The van der Waals surface area contributed by atoms with E-state index in [2.05, 4.69) is 10.3 Å². The average molecular weight is 161 g/mol. The third kappa shape index (κ3) is 5.63. The molecule has 0 aromatic rings. The molecule has 1 atom stereocenters. The van der Waals surface area contributed by atoms with Crippen molar-refractivity contribution in [1.29, 1.82) is 0 Å². The van der Waals surface area contributed by atoms with Crippen LogP contribution in [0, 0.1) is 0 Å². The molecule has 0 radical (unpaired) electrons. The summed E-state index contributed by atoms with van der Waals surface area (Å²) in [6.07, 6.45) is -0.541. The van der Waals surface area contributed by atoms with Crippen LogP contribution < -0.4 is 11.1 Å². The number of nitrogens with one attached hydrogen (secondary N) is 1. The fourth-order valence-electron chi connectivity index (χ4n) is 0.553. The molecule has 11 heavy (non-hydrogen) atoms. The lowest BCUT2D eigenvalue weighted by Gasteiger charge is -2.10. The van der Waals surface area contributed by atoms with Crippen LogP contribution in [0.3, 0.4) is 0 Å². The van der Waals surface area contributed by atoms with Crippen molar-refractivity contribution >= 4 is 5.96 Å². The first-order valence-corrected chi connectivity index (χ1v) is 3.33. The van der Waals surface area contributed by atoms with Crippen LogP contribution in [0.5, 0.6) is 0 Å². The molecule has 0 aliphatic heterocycles. The van der Waals surface area contributed by atoms with Crippen LogP contribution in [0.15, 0.2) is 4.99 Å². The Kier molecular flexibility index (Phi) is 5.50. The molecule has 0 bridgehead atoms. The van der Waals surface area contributed by atoms with Crippen LogP contribution in [0.4, 0.5) is 0 Å². The van der Waals surface area contributed by atoms with Crippen molar-refractivity contribution in [2.45, 2.75) is 6.10 Å². The Morgan fingerprint density at radius 2 is 2.45 bits per heavy atom. The Bertz CT molecular complexity index is 127. The zero-order valence-electron chi connectivity index (χ0n) is 6.87. The normalized spacial score (nSPS) is 14.6. The lowest BCUT2D eigenvalue weighted by molar-refractivity contribution is 0.0674. The van der Waals surface area contributed by atoms with Crippen molar-refractivity contribution in [3.05, 3.63) is 0 Å². The predicted molar refractivity (Wildman–Crippen MR) is 43.4 cm³/mol. The summed E-state index contributed by atoms with van der Waals surface area (Å²) in [5.74, 6) is 0.320. The molecular formula is C6H15N3O2. The van der Waals surface area contributed by atoms with Gasteiger partial charge in [-0.25, -0.2) is 0 Å². The first-order valence-electron chi connectivity index (χ1n) is 3.33. The van der Waals surface area contributed by atoms with Gasteiger partial charge >= 0.3 is 0 Å². The average Bonchev–Trinajstić information content (AvgIpc) is 2.01.